The van der Waals surface area contributed by atoms with Crippen molar-refractivity contribution in [3.63, 3.8) is 0 Å². The van der Waals surface area contributed by atoms with E-state index in [0.717, 1.165) is 11.3 Å². The fourth-order valence-electron chi connectivity index (χ4n) is 1.68. The second-order valence-corrected chi connectivity index (χ2v) is 11.5. The highest BCUT2D eigenvalue weighted by Gasteiger charge is 2.09. The third kappa shape index (κ3) is 5.03. The van der Waals surface area contributed by atoms with Gasteiger partial charge in [0, 0.05) is 10.6 Å². The third-order valence-corrected chi connectivity index (χ3v) is 4.20. The lowest BCUT2D eigenvalue weighted by atomic mass is 10.1. The van der Waals surface area contributed by atoms with E-state index in [-0.39, 0.29) is 0 Å². The molecular formula is C18H17Cl2NSi. The Morgan fingerprint density at radius 1 is 0.955 bits per heavy atom. The van der Waals surface area contributed by atoms with Crippen molar-refractivity contribution in [3.8, 4) is 11.5 Å². The van der Waals surface area contributed by atoms with Crippen LogP contribution in [0.2, 0.25) is 29.7 Å². The van der Waals surface area contributed by atoms with Gasteiger partial charge in [0.1, 0.15) is 13.8 Å². The van der Waals surface area contributed by atoms with Crippen molar-refractivity contribution >= 4 is 42.7 Å². The first-order valence-corrected chi connectivity index (χ1v) is 11.2. The van der Waals surface area contributed by atoms with Crippen LogP contribution in [-0.2, 0) is 0 Å². The SMILES string of the molecule is C[Si](C)(C)C#CC(=Nc1ccccc1Cl)c1ccc(Cl)cc1. The van der Waals surface area contributed by atoms with Crippen LogP contribution in [0, 0.1) is 11.5 Å². The molecule has 0 saturated heterocycles. The number of benzene rings is 2. The van der Waals surface area contributed by atoms with Crippen LogP contribution in [0.5, 0.6) is 0 Å². The Hall–Kier alpha value is -1.53. The molecule has 2 aromatic rings. The van der Waals surface area contributed by atoms with Crippen LogP contribution >= 0.6 is 23.2 Å². The summed E-state index contributed by atoms with van der Waals surface area (Å²) in [6.45, 7) is 6.61. The number of hydrogen-bond acceptors (Lipinski definition) is 1. The van der Waals surface area contributed by atoms with Gasteiger partial charge >= 0.3 is 0 Å². The van der Waals surface area contributed by atoms with Crippen LogP contribution in [0.15, 0.2) is 53.5 Å². The third-order valence-electron chi connectivity index (χ3n) is 2.76. The van der Waals surface area contributed by atoms with Gasteiger partial charge in [-0.25, -0.2) is 4.99 Å². The van der Waals surface area contributed by atoms with Gasteiger partial charge in [0.15, 0.2) is 0 Å². The minimum Gasteiger partial charge on any atom is -0.238 e. The van der Waals surface area contributed by atoms with E-state index in [9.17, 15) is 0 Å². The van der Waals surface area contributed by atoms with Gasteiger partial charge in [0.25, 0.3) is 0 Å². The second-order valence-electron chi connectivity index (χ2n) is 5.92. The molecule has 112 valence electrons. The lowest BCUT2D eigenvalue weighted by Crippen LogP contribution is -2.17. The predicted molar refractivity (Wildman–Crippen MR) is 100 cm³/mol. The number of halogens is 2. The van der Waals surface area contributed by atoms with Crippen molar-refractivity contribution in [3.05, 3.63) is 64.1 Å². The van der Waals surface area contributed by atoms with Gasteiger partial charge < -0.3 is 0 Å². The molecular weight excluding hydrogens is 329 g/mol. The number of aliphatic imine (C=N–C) groups is 1. The molecule has 0 radical (unpaired) electrons. The molecule has 0 heterocycles. The summed E-state index contributed by atoms with van der Waals surface area (Å²) in [5.74, 6) is 3.23. The molecule has 4 heteroatoms. The first-order valence-electron chi connectivity index (χ1n) is 6.97. The minimum atomic E-state index is -1.50. The summed E-state index contributed by atoms with van der Waals surface area (Å²) < 4.78 is 0. The molecule has 2 rings (SSSR count). The average Bonchev–Trinajstić information content (AvgIpc) is 2.45. The molecule has 0 aliphatic carbocycles. The van der Waals surface area contributed by atoms with Gasteiger partial charge in [0.05, 0.1) is 10.7 Å². The van der Waals surface area contributed by atoms with Crippen molar-refractivity contribution < 1.29 is 0 Å². The Morgan fingerprint density at radius 2 is 1.59 bits per heavy atom. The van der Waals surface area contributed by atoms with Crippen LogP contribution in [0.3, 0.4) is 0 Å². The highest BCUT2D eigenvalue weighted by molar-refractivity contribution is 6.84. The van der Waals surface area contributed by atoms with E-state index in [4.69, 9.17) is 23.2 Å². The molecule has 0 atom stereocenters. The van der Waals surface area contributed by atoms with Gasteiger partial charge in [-0.05, 0) is 24.3 Å². The first-order chi connectivity index (χ1) is 10.3. The van der Waals surface area contributed by atoms with Crippen LogP contribution in [0.4, 0.5) is 5.69 Å². The summed E-state index contributed by atoms with van der Waals surface area (Å²) in [4.78, 5) is 4.65. The molecule has 1 nitrogen and oxygen atoms in total. The molecule has 22 heavy (non-hydrogen) atoms. The highest BCUT2D eigenvalue weighted by atomic mass is 35.5. The number of para-hydroxylation sites is 1. The topological polar surface area (TPSA) is 12.4 Å². The molecule has 0 fully saturated rings. The van der Waals surface area contributed by atoms with E-state index in [2.05, 4.69) is 36.1 Å². The maximum Gasteiger partial charge on any atom is 0.129 e. The van der Waals surface area contributed by atoms with Crippen molar-refractivity contribution in [1.82, 2.24) is 0 Å². The second kappa shape index (κ2) is 7.15. The van der Waals surface area contributed by atoms with Gasteiger partial charge in [-0.3, -0.25) is 0 Å². The number of rotatable bonds is 2. The summed E-state index contributed by atoms with van der Waals surface area (Å²) in [6, 6.07) is 15.0. The van der Waals surface area contributed by atoms with Crippen LogP contribution < -0.4 is 0 Å². The minimum absolute atomic E-state index is 0.615. The van der Waals surface area contributed by atoms with E-state index >= 15 is 0 Å². The zero-order valence-electron chi connectivity index (χ0n) is 12.8. The Kier molecular flexibility index (Phi) is 5.47. The van der Waals surface area contributed by atoms with Crippen molar-refractivity contribution in [2.24, 2.45) is 4.99 Å². The van der Waals surface area contributed by atoms with Crippen molar-refractivity contribution in [1.29, 1.82) is 0 Å². The summed E-state index contributed by atoms with van der Waals surface area (Å²) in [7, 11) is -1.50. The summed E-state index contributed by atoms with van der Waals surface area (Å²) in [6.07, 6.45) is 0. The van der Waals surface area contributed by atoms with E-state index in [1.54, 1.807) is 0 Å². The monoisotopic (exact) mass is 345 g/mol. The normalized spacial score (nSPS) is 11.8. The molecule has 0 amide bonds. The standard InChI is InChI=1S/C18H17Cl2NSi/c1-22(2,3)13-12-17(14-8-10-15(19)11-9-14)21-18-7-5-4-6-16(18)20/h4-11H,1-3H3. The fourth-order valence-corrected chi connectivity index (χ4v) is 2.48. The molecule has 2 aromatic carbocycles. The van der Waals surface area contributed by atoms with Crippen LogP contribution in [0.1, 0.15) is 5.56 Å². The van der Waals surface area contributed by atoms with E-state index < -0.39 is 8.07 Å². The van der Waals surface area contributed by atoms with Crippen LogP contribution in [0.25, 0.3) is 0 Å². The number of hydrogen-bond donors (Lipinski definition) is 0. The van der Waals surface area contributed by atoms with E-state index in [1.807, 2.05) is 48.5 Å². The van der Waals surface area contributed by atoms with Gasteiger partial charge in [0.2, 0.25) is 0 Å². The summed E-state index contributed by atoms with van der Waals surface area (Å²) in [5.41, 5.74) is 5.73. The van der Waals surface area contributed by atoms with Crippen LogP contribution in [-0.4, -0.2) is 13.8 Å². The lowest BCUT2D eigenvalue weighted by molar-refractivity contribution is 1.51. The fraction of sp³-hybridized carbons (Fsp3) is 0.167. The Bertz CT molecular complexity index is 747. The van der Waals surface area contributed by atoms with E-state index in [0.29, 0.717) is 15.8 Å². The predicted octanol–water partition coefficient (Wildman–Crippen LogP) is 6.00. The zero-order chi connectivity index (χ0) is 16.2. The zero-order valence-corrected chi connectivity index (χ0v) is 15.3. The van der Waals surface area contributed by atoms with Crippen molar-refractivity contribution in [2.75, 3.05) is 0 Å². The lowest BCUT2D eigenvalue weighted by Gasteiger charge is -2.06. The largest absolute Gasteiger partial charge is 0.238 e. The smallest absolute Gasteiger partial charge is 0.129 e. The maximum atomic E-state index is 6.20. The molecule has 0 aliphatic rings. The molecule has 0 spiro atoms. The summed E-state index contributed by atoms with van der Waals surface area (Å²) in [5, 5.41) is 1.31. The van der Waals surface area contributed by atoms with E-state index in [1.165, 1.54) is 0 Å². The maximum absolute atomic E-state index is 6.20. The van der Waals surface area contributed by atoms with Crippen molar-refractivity contribution in [2.45, 2.75) is 19.6 Å². The summed E-state index contributed by atoms with van der Waals surface area (Å²) >= 11 is 12.2. The Morgan fingerprint density at radius 3 is 2.18 bits per heavy atom. The van der Waals surface area contributed by atoms with Gasteiger partial charge in [-0.2, -0.15) is 0 Å². The molecule has 0 aliphatic heterocycles. The first kappa shape index (κ1) is 16.8. The Labute approximate surface area is 143 Å². The van der Waals surface area contributed by atoms with Gasteiger partial charge in [-0.1, -0.05) is 73.0 Å². The molecule has 0 saturated carbocycles. The highest BCUT2D eigenvalue weighted by Crippen LogP contribution is 2.25. The average molecular weight is 346 g/mol. The molecule has 0 bridgehead atoms. The molecule has 0 aromatic heterocycles. The molecule has 0 unspecified atom stereocenters. The number of nitrogens with zero attached hydrogens (tertiary/aromatic N) is 1. The Balaban J connectivity index is 2.52. The molecule has 0 N–H and O–H groups in total. The quantitative estimate of drug-likeness (QED) is 0.359. The van der Waals surface area contributed by atoms with Gasteiger partial charge in [-0.15, -0.1) is 5.54 Å².